The number of methoxy groups -OCH3 is 1. The van der Waals surface area contributed by atoms with Gasteiger partial charge < -0.3 is 19.9 Å². The summed E-state index contributed by atoms with van der Waals surface area (Å²) in [6, 6.07) is 2.21. The average Bonchev–Trinajstić information content (AvgIpc) is 3.73. The van der Waals surface area contributed by atoms with Gasteiger partial charge in [-0.3, -0.25) is 19.4 Å². The van der Waals surface area contributed by atoms with Gasteiger partial charge in [-0.1, -0.05) is 13.8 Å². The van der Waals surface area contributed by atoms with Gasteiger partial charge in [0.05, 0.1) is 30.0 Å². The van der Waals surface area contributed by atoms with E-state index in [1.54, 1.807) is 7.11 Å². The van der Waals surface area contributed by atoms with E-state index in [0.717, 1.165) is 42.6 Å². The third kappa shape index (κ3) is 3.41. The number of aromatic amines is 1. The molecule has 6 rings (SSSR count). The van der Waals surface area contributed by atoms with Crippen molar-refractivity contribution >= 4 is 22.6 Å². The summed E-state index contributed by atoms with van der Waals surface area (Å²) in [7, 11) is 3.56. The number of pyridine rings is 1. The number of aryl methyl sites for hydroxylation is 1. The fourth-order valence-electron chi connectivity index (χ4n) is 5.80. The maximum atomic E-state index is 13.5. The summed E-state index contributed by atoms with van der Waals surface area (Å²) in [5.74, 6) is 1.38. The second-order valence-electron chi connectivity index (χ2n) is 10.9. The van der Waals surface area contributed by atoms with Crippen molar-refractivity contribution in [2.24, 2.45) is 24.8 Å². The van der Waals surface area contributed by atoms with Gasteiger partial charge in [0.25, 0.3) is 5.56 Å². The number of carbonyl (C=O) groups is 1. The highest BCUT2D eigenvalue weighted by Gasteiger charge is 2.49. The Kier molecular flexibility index (Phi) is 4.90. The summed E-state index contributed by atoms with van der Waals surface area (Å²) in [5.41, 5.74) is 8.49. The number of nitrogens with one attached hydrogen (secondary N) is 1. The van der Waals surface area contributed by atoms with Crippen molar-refractivity contribution in [1.29, 1.82) is 0 Å². The molecule has 4 heterocycles. The zero-order chi connectivity index (χ0) is 24.6. The Morgan fingerprint density at radius 3 is 2.46 bits per heavy atom. The molecule has 0 atom stereocenters. The highest BCUT2D eigenvalue weighted by atomic mass is 16.5. The molecule has 0 unspecified atom stereocenters. The molecule has 1 saturated heterocycles. The Balaban J connectivity index is 1.44. The third-order valence-electron chi connectivity index (χ3n) is 8.02. The van der Waals surface area contributed by atoms with Gasteiger partial charge >= 0.3 is 0 Å². The van der Waals surface area contributed by atoms with Gasteiger partial charge in [0.2, 0.25) is 5.91 Å². The normalized spacial score (nSPS) is 19.7. The van der Waals surface area contributed by atoms with Gasteiger partial charge in [0, 0.05) is 37.9 Å². The van der Waals surface area contributed by atoms with Gasteiger partial charge in [-0.05, 0) is 43.6 Å². The van der Waals surface area contributed by atoms with E-state index >= 15 is 0 Å². The molecule has 3 aromatic heterocycles. The molecule has 2 aliphatic carbocycles. The Bertz CT molecular complexity index is 1360. The molecule has 3 aliphatic rings. The quantitative estimate of drug-likeness (QED) is 0.536. The number of ether oxygens (including phenoxy) is 1. The molecule has 10 nitrogen and oxygen atoms in total. The van der Waals surface area contributed by atoms with Crippen LogP contribution in [-0.2, 0) is 22.2 Å². The van der Waals surface area contributed by atoms with Crippen LogP contribution in [0.3, 0.4) is 0 Å². The van der Waals surface area contributed by atoms with Crippen LogP contribution in [0.2, 0.25) is 0 Å². The van der Waals surface area contributed by atoms with Gasteiger partial charge in [-0.15, -0.1) is 0 Å². The molecule has 10 heteroatoms. The smallest absolute Gasteiger partial charge is 0.264 e. The van der Waals surface area contributed by atoms with Gasteiger partial charge in [0.15, 0.2) is 5.82 Å². The highest BCUT2D eigenvalue weighted by Crippen LogP contribution is 2.52. The number of carbonyl (C=O) groups excluding carboxylic acids is 1. The molecule has 1 amide bonds. The van der Waals surface area contributed by atoms with Crippen molar-refractivity contribution in [2.75, 3.05) is 25.9 Å². The van der Waals surface area contributed by atoms with E-state index < -0.39 is 5.60 Å². The van der Waals surface area contributed by atoms with Gasteiger partial charge in [-0.25, -0.2) is 0 Å². The summed E-state index contributed by atoms with van der Waals surface area (Å²) in [6.07, 6.45) is 6.61. The lowest BCUT2D eigenvalue weighted by molar-refractivity contribution is -0.169. The molecule has 2 saturated carbocycles. The second kappa shape index (κ2) is 7.68. The van der Waals surface area contributed by atoms with Crippen LogP contribution < -0.4 is 11.3 Å². The van der Waals surface area contributed by atoms with E-state index in [1.807, 2.05) is 47.3 Å². The maximum Gasteiger partial charge on any atom is 0.264 e. The number of nitrogen functional groups attached to an aromatic ring is 1. The number of aromatic nitrogens is 5. The monoisotopic (exact) mass is 479 g/mol. The van der Waals surface area contributed by atoms with Crippen LogP contribution in [-0.4, -0.2) is 55.6 Å². The van der Waals surface area contributed by atoms with Crippen LogP contribution in [0.4, 0.5) is 5.82 Å². The number of anilines is 1. The van der Waals surface area contributed by atoms with Crippen LogP contribution >= 0.6 is 0 Å². The summed E-state index contributed by atoms with van der Waals surface area (Å²) in [5, 5.41) is 12.4. The predicted octanol–water partition coefficient (Wildman–Crippen LogP) is 2.41. The van der Waals surface area contributed by atoms with Crippen LogP contribution in [0.1, 0.15) is 51.3 Å². The zero-order valence-corrected chi connectivity index (χ0v) is 20.7. The molecule has 0 radical (unpaired) electrons. The minimum absolute atomic E-state index is 0.0574. The second-order valence-corrected chi connectivity index (χ2v) is 10.9. The van der Waals surface area contributed by atoms with Crippen LogP contribution in [0, 0.1) is 17.8 Å². The van der Waals surface area contributed by atoms with Gasteiger partial charge in [-0.2, -0.15) is 10.2 Å². The van der Waals surface area contributed by atoms with Crippen molar-refractivity contribution in [1.82, 2.24) is 29.4 Å². The average molecular weight is 480 g/mol. The summed E-state index contributed by atoms with van der Waals surface area (Å²) in [4.78, 5) is 27.8. The number of nitrogens with zero attached hydrogens (tertiary/aromatic N) is 5. The summed E-state index contributed by atoms with van der Waals surface area (Å²) in [6.45, 7) is 4.78. The number of rotatable bonds is 7. The summed E-state index contributed by atoms with van der Waals surface area (Å²) >= 11 is 0. The molecule has 3 fully saturated rings. The zero-order valence-electron chi connectivity index (χ0n) is 20.7. The highest BCUT2D eigenvalue weighted by molar-refractivity contribution is 5.97. The first-order chi connectivity index (χ1) is 16.7. The van der Waals surface area contributed by atoms with Crippen molar-refractivity contribution < 1.29 is 9.53 Å². The lowest BCUT2D eigenvalue weighted by Crippen LogP contribution is -2.63. The first-order valence-electron chi connectivity index (χ1n) is 12.5. The number of nitrogens with two attached hydrogens (primary N) is 1. The number of hydrogen-bond donors (Lipinski definition) is 2. The molecule has 0 spiro atoms. The molecule has 3 aromatic rings. The Hall–Kier alpha value is -3.14. The fraction of sp³-hybridized carbons (Fsp3) is 0.600. The lowest BCUT2D eigenvalue weighted by atomic mass is 9.88. The largest absolute Gasteiger partial charge is 0.382 e. The third-order valence-corrected chi connectivity index (χ3v) is 8.02. The molecule has 0 bridgehead atoms. The standard InChI is InChI=1S/C25H33N7O3/c1-13(2)23(33)31-11-25(12-31,35-4)18-9-17(29-30(18)3)16-10-32(21(14-5-6-14)15-7-8-15)24(34)19-20(16)27-28-22(19)26/h9-10,13-15,21H,5-8,11-12H2,1-4H3,(H3,26,27,28). The summed E-state index contributed by atoms with van der Waals surface area (Å²) < 4.78 is 9.68. The van der Waals surface area contributed by atoms with Crippen molar-refractivity contribution in [3.8, 4) is 11.3 Å². The van der Waals surface area contributed by atoms with Crippen LogP contribution in [0.15, 0.2) is 17.1 Å². The fourth-order valence-corrected chi connectivity index (χ4v) is 5.80. The maximum absolute atomic E-state index is 13.5. The number of amides is 1. The number of fused-ring (bicyclic) bond motifs is 1. The first kappa shape index (κ1) is 22.3. The lowest BCUT2D eigenvalue weighted by Gasteiger charge is -2.49. The van der Waals surface area contributed by atoms with Crippen molar-refractivity contribution in [3.05, 3.63) is 28.3 Å². The number of hydrogen-bond acceptors (Lipinski definition) is 6. The Labute approximate surface area is 203 Å². The molecule has 3 N–H and O–H groups in total. The van der Waals surface area contributed by atoms with Crippen molar-refractivity contribution in [2.45, 2.75) is 51.2 Å². The number of H-pyrrole nitrogens is 1. The predicted molar refractivity (Wildman–Crippen MR) is 132 cm³/mol. The van der Waals surface area contributed by atoms with E-state index in [2.05, 4.69) is 10.2 Å². The van der Waals surface area contributed by atoms with E-state index in [-0.39, 0.29) is 29.2 Å². The molecular formula is C25H33N7O3. The molecule has 1 aliphatic heterocycles. The van der Waals surface area contributed by atoms with E-state index in [9.17, 15) is 9.59 Å². The van der Waals surface area contributed by atoms with E-state index in [1.165, 1.54) is 0 Å². The molecular weight excluding hydrogens is 446 g/mol. The van der Waals surface area contributed by atoms with Gasteiger partial charge in [0.1, 0.15) is 11.0 Å². The minimum Gasteiger partial charge on any atom is -0.382 e. The Morgan fingerprint density at radius 2 is 1.89 bits per heavy atom. The van der Waals surface area contributed by atoms with Crippen LogP contribution in [0.25, 0.3) is 22.2 Å². The number of likely N-dealkylation sites (tertiary alicyclic amines) is 1. The minimum atomic E-state index is -0.615. The van der Waals surface area contributed by atoms with Crippen LogP contribution in [0.5, 0.6) is 0 Å². The first-order valence-corrected chi connectivity index (χ1v) is 12.5. The molecule has 35 heavy (non-hydrogen) atoms. The Morgan fingerprint density at radius 1 is 1.23 bits per heavy atom. The van der Waals surface area contributed by atoms with E-state index in [4.69, 9.17) is 15.6 Å². The SMILES string of the molecule is COC1(c2cc(-c3cn(C(C4CC4)C4CC4)c(=O)c4c(N)n[nH]c34)nn2C)CN(C(=O)C(C)C)C1. The van der Waals surface area contributed by atoms with Crippen molar-refractivity contribution in [3.63, 3.8) is 0 Å². The van der Waals surface area contributed by atoms with E-state index in [0.29, 0.717) is 35.8 Å². The topological polar surface area (TPSA) is 124 Å². The molecule has 186 valence electrons. The molecule has 0 aromatic carbocycles.